The maximum atomic E-state index is 9.53. The van der Waals surface area contributed by atoms with Crippen LogP contribution >= 0.6 is 0 Å². The number of nitrogens with zero attached hydrogens (tertiary/aromatic N) is 2. The number of benzene rings is 3. The van der Waals surface area contributed by atoms with Crippen molar-refractivity contribution in [2.75, 3.05) is 34.8 Å². The Hall–Kier alpha value is -3.29. The van der Waals surface area contributed by atoms with Crippen LogP contribution in [0.1, 0.15) is 16.7 Å². The topological polar surface area (TPSA) is 42.2 Å². The lowest BCUT2D eigenvalue weighted by atomic mass is 10.0. The zero-order valence-corrected chi connectivity index (χ0v) is 18.4. The summed E-state index contributed by atoms with van der Waals surface area (Å²) in [6.07, 6.45) is 1.03. The molecule has 4 heteroatoms. The summed E-state index contributed by atoms with van der Waals surface area (Å²) in [6.45, 7) is 2.99. The lowest BCUT2D eigenvalue weighted by Gasteiger charge is -2.23. The Kier molecular flexibility index (Phi) is 6.44. The monoisotopic (exact) mass is 401 g/mol. The van der Waals surface area contributed by atoms with Gasteiger partial charge in [0.2, 0.25) is 0 Å². The molecule has 0 spiro atoms. The van der Waals surface area contributed by atoms with Crippen molar-refractivity contribution in [3.63, 3.8) is 0 Å². The molecule has 0 saturated heterocycles. The van der Waals surface area contributed by atoms with Gasteiger partial charge in [-0.3, -0.25) is 0 Å². The van der Waals surface area contributed by atoms with Crippen molar-refractivity contribution in [1.29, 1.82) is 5.26 Å². The van der Waals surface area contributed by atoms with Crippen LogP contribution in [0.15, 0.2) is 60.7 Å². The summed E-state index contributed by atoms with van der Waals surface area (Å²) in [5.74, 6) is 2.01. The van der Waals surface area contributed by atoms with Crippen molar-refractivity contribution in [2.45, 2.75) is 13.3 Å². The molecular weight excluding hydrogens is 372 g/mol. The van der Waals surface area contributed by atoms with Crippen molar-refractivity contribution < 1.29 is 14.0 Å². The van der Waals surface area contributed by atoms with Gasteiger partial charge < -0.3 is 14.0 Å². The second-order valence-electron chi connectivity index (χ2n) is 8.48. The number of methoxy groups -OCH3 is 1. The Morgan fingerprint density at radius 2 is 1.67 bits per heavy atom. The van der Waals surface area contributed by atoms with Crippen LogP contribution < -0.4 is 9.47 Å². The maximum absolute atomic E-state index is 9.53. The number of hydrogen-bond acceptors (Lipinski definition) is 3. The number of nitriles is 1. The standard InChI is InChI=1S/C26H29N2O2/c1-19-7-6-8-25(24(19)18-27)30-26-14-13-22(29-5)17-23(26)21-11-9-20(10-12-21)15-16-28(2,3)4/h6-14,17H,15-16H2,1-5H3/q+1. The second-order valence-corrected chi connectivity index (χ2v) is 8.48. The predicted molar refractivity (Wildman–Crippen MR) is 121 cm³/mol. The first-order valence-corrected chi connectivity index (χ1v) is 10.1. The van der Waals surface area contributed by atoms with E-state index in [1.54, 1.807) is 7.11 Å². The van der Waals surface area contributed by atoms with E-state index in [-0.39, 0.29) is 0 Å². The van der Waals surface area contributed by atoms with Crippen molar-refractivity contribution in [2.24, 2.45) is 0 Å². The van der Waals surface area contributed by atoms with Crippen LogP contribution in [0.3, 0.4) is 0 Å². The molecule has 0 unspecified atom stereocenters. The van der Waals surface area contributed by atoms with E-state index in [1.807, 2.05) is 43.3 Å². The van der Waals surface area contributed by atoms with E-state index >= 15 is 0 Å². The Labute approximate surface area is 179 Å². The van der Waals surface area contributed by atoms with Crippen molar-refractivity contribution in [3.05, 3.63) is 77.4 Å². The van der Waals surface area contributed by atoms with Crippen LogP contribution in [0.4, 0.5) is 0 Å². The molecule has 4 nitrogen and oxygen atoms in total. The van der Waals surface area contributed by atoms with Gasteiger partial charge in [0.05, 0.1) is 40.4 Å². The van der Waals surface area contributed by atoms with Gasteiger partial charge in [-0.25, -0.2) is 0 Å². The number of rotatable bonds is 7. The minimum Gasteiger partial charge on any atom is -0.497 e. The third-order valence-corrected chi connectivity index (χ3v) is 5.09. The molecule has 0 aliphatic carbocycles. The molecule has 0 aliphatic rings. The quantitative estimate of drug-likeness (QED) is 0.485. The van der Waals surface area contributed by atoms with Gasteiger partial charge in [0.25, 0.3) is 0 Å². The summed E-state index contributed by atoms with van der Waals surface area (Å²) in [7, 11) is 8.26. The van der Waals surface area contributed by atoms with Gasteiger partial charge in [-0.2, -0.15) is 5.26 Å². The second kappa shape index (κ2) is 9.02. The lowest BCUT2D eigenvalue weighted by molar-refractivity contribution is -0.870. The fourth-order valence-electron chi connectivity index (χ4n) is 3.25. The van der Waals surface area contributed by atoms with Gasteiger partial charge in [-0.1, -0.05) is 36.4 Å². The van der Waals surface area contributed by atoms with Crippen LogP contribution in [-0.4, -0.2) is 39.3 Å². The first kappa shape index (κ1) is 21.4. The molecular formula is C26H29N2O2+. The fourth-order valence-corrected chi connectivity index (χ4v) is 3.25. The van der Waals surface area contributed by atoms with E-state index < -0.39 is 0 Å². The molecule has 0 atom stereocenters. The van der Waals surface area contributed by atoms with E-state index in [2.05, 4.69) is 51.5 Å². The van der Waals surface area contributed by atoms with E-state index in [1.165, 1.54) is 5.56 Å². The SMILES string of the molecule is COc1ccc(Oc2cccc(C)c2C#N)c(-c2ccc(CC[N+](C)(C)C)cc2)c1. The maximum Gasteiger partial charge on any atom is 0.145 e. The van der Waals surface area contributed by atoms with E-state index in [4.69, 9.17) is 9.47 Å². The van der Waals surface area contributed by atoms with E-state index in [0.717, 1.165) is 39.9 Å². The summed E-state index contributed by atoms with van der Waals surface area (Å²) in [6, 6.07) is 22.2. The Balaban J connectivity index is 1.95. The van der Waals surface area contributed by atoms with Crippen LogP contribution in [0.2, 0.25) is 0 Å². The average Bonchev–Trinajstić information content (AvgIpc) is 2.72. The molecule has 0 bridgehead atoms. The molecule has 3 aromatic rings. The molecule has 0 N–H and O–H groups in total. The van der Waals surface area contributed by atoms with Crippen molar-refractivity contribution in [3.8, 4) is 34.4 Å². The highest BCUT2D eigenvalue weighted by atomic mass is 16.5. The number of ether oxygens (including phenoxy) is 2. The molecule has 0 aliphatic heterocycles. The van der Waals surface area contributed by atoms with Crippen LogP contribution in [0.25, 0.3) is 11.1 Å². The summed E-state index contributed by atoms with van der Waals surface area (Å²) in [5, 5.41) is 9.53. The zero-order chi connectivity index (χ0) is 21.7. The number of quaternary nitrogens is 1. The van der Waals surface area contributed by atoms with Crippen molar-refractivity contribution in [1.82, 2.24) is 0 Å². The van der Waals surface area contributed by atoms with Gasteiger partial charge >= 0.3 is 0 Å². The summed E-state index contributed by atoms with van der Waals surface area (Å²) < 4.78 is 12.6. The smallest absolute Gasteiger partial charge is 0.145 e. The molecule has 0 fully saturated rings. The largest absolute Gasteiger partial charge is 0.497 e. The molecule has 0 aromatic heterocycles. The van der Waals surface area contributed by atoms with Crippen molar-refractivity contribution >= 4 is 0 Å². The summed E-state index contributed by atoms with van der Waals surface area (Å²) in [4.78, 5) is 0. The lowest BCUT2D eigenvalue weighted by Crippen LogP contribution is -2.36. The van der Waals surface area contributed by atoms with Gasteiger partial charge in [-0.05, 0) is 47.9 Å². The van der Waals surface area contributed by atoms with Gasteiger partial charge in [0.15, 0.2) is 0 Å². The zero-order valence-electron chi connectivity index (χ0n) is 18.4. The first-order valence-electron chi connectivity index (χ1n) is 10.1. The molecule has 0 saturated carbocycles. The van der Waals surface area contributed by atoms with Gasteiger partial charge in [-0.15, -0.1) is 0 Å². The highest BCUT2D eigenvalue weighted by Gasteiger charge is 2.13. The molecule has 0 heterocycles. The van der Waals surface area contributed by atoms with E-state index in [0.29, 0.717) is 17.1 Å². The van der Waals surface area contributed by atoms with E-state index in [9.17, 15) is 5.26 Å². The summed E-state index contributed by atoms with van der Waals surface area (Å²) in [5.41, 5.74) is 4.73. The molecule has 0 amide bonds. The van der Waals surface area contributed by atoms with Crippen LogP contribution in [0.5, 0.6) is 17.2 Å². The third-order valence-electron chi connectivity index (χ3n) is 5.09. The molecule has 3 rings (SSSR count). The van der Waals surface area contributed by atoms with Gasteiger partial charge in [0, 0.05) is 12.0 Å². The number of hydrogen-bond donors (Lipinski definition) is 0. The molecule has 3 aromatic carbocycles. The van der Waals surface area contributed by atoms with Gasteiger partial charge in [0.1, 0.15) is 23.3 Å². The highest BCUT2D eigenvalue weighted by Crippen LogP contribution is 2.37. The third kappa shape index (κ3) is 5.20. The minimum absolute atomic E-state index is 0.551. The normalized spacial score (nSPS) is 11.1. The predicted octanol–water partition coefficient (Wildman–Crippen LogP) is 5.58. The Morgan fingerprint density at radius 3 is 2.30 bits per heavy atom. The highest BCUT2D eigenvalue weighted by molar-refractivity contribution is 5.73. The Morgan fingerprint density at radius 1 is 0.933 bits per heavy atom. The minimum atomic E-state index is 0.551. The Bertz CT molecular complexity index is 1060. The molecule has 0 radical (unpaired) electrons. The molecule has 154 valence electrons. The molecule has 30 heavy (non-hydrogen) atoms. The van der Waals surface area contributed by atoms with Crippen LogP contribution in [-0.2, 0) is 6.42 Å². The summed E-state index contributed by atoms with van der Waals surface area (Å²) >= 11 is 0. The number of likely N-dealkylation sites (N-methyl/N-ethyl adjacent to an activating group) is 1. The number of aryl methyl sites for hydroxylation is 1. The van der Waals surface area contributed by atoms with Crippen LogP contribution in [0, 0.1) is 18.3 Å². The fraction of sp³-hybridized carbons (Fsp3) is 0.269. The average molecular weight is 402 g/mol. The first-order chi connectivity index (χ1) is 14.3.